The van der Waals surface area contributed by atoms with Crippen molar-refractivity contribution in [2.24, 2.45) is 0 Å². The molecule has 0 heterocycles. The van der Waals surface area contributed by atoms with Crippen molar-refractivity contribution in [2.45, 2.75) is 168 Å². The fraction of sp³-hybridized carbons (Fsp3) is 0.619. The Morgan fingerprint density at radius 3 is 1.66 bits per heavy atom. The summed E-state index contributed by atoms with van der Waals surface area (Å²) in [4.78, 5) is 3.20. The molecule has 0 bridgehead atoms. The predicted octanol–water partition coefficient (Wildman–Crippen LogP) is 13.3. The van der Waals surface area contributed by atoms with Gasteiger partial charge in [0.25, 0.3) is 5.87 Å². The average molecular weight is 597 g/mol. The Bertz CT molecular complexity index is 1110. The highest BCUT2D eigenvalue weighted by Crippen LogP contribution is 2.31. The van der Waals surface area contributed by atoms with Crippen LogP contribution in [0.1, 0.15) is 178 Å². The summed E-state index contributed by atoms with van der Waals surface area (Å²) in [5, 5.41) is 0. The number of hydrogen-bond donors (Lipinski definition) is 0. The summed E-state index contributed by atoms with van der Waals surface area (Å²) in [6, 6.07) is 18.3. The van der Waals surface area contributed by atoms with E-state index in [0.29, 0.717) is 0 Å². The summed E-state index contributed by atoms with van der Waals surface area (Å²) in [6.07, 6.45) is 32.1. The molecule has 0 saturated carbocycles. The van der Waals surface area contributed by atoms with Crippen molar-refractivity contribution < 1.29 is 4.79 Å². The molecule has 2 aromatic rings. The first kappa shape index (κ1) is 37.5. The highest BCUT2D eigenvalue weighted by molar-refractivity contribution is 5.85. The Morgan fingerprint density at radius 2 is 1.09 bits per heavy atom. The van der Waals surface area contributed by atoms with E-state index in [4.69, 9.17) is 0 Å². The van der Waals surface area contributed by atoms with Gasteiger partial charge in [-0.05, 0) is 71.9 Å². The standard InChI is InChI=1S/C42H64N2/c1-4-7-10-11-12-13-14-15-16-17-18-19-20-21-23-26-37-30-32-40(33-31-37)42(39(34-35-44-43)28-22-8-5-2)41-29-24-27-38(36-41)25-9-6-3/h24,27,29-34,36H,4-23,25-26,28H2,1-3H3. The minimum absolute atomic E-state index is 0.950. The Labute approximate surface area is 272 Å². The van der Waals surface area contributed by atoms with Crippen LogP contribution in [0, 0.1) is 0 Å². The average Bonchev–Trinajstić information content (AvgIpc) is 3.05. The van der Waals surface area contributed by atoms with Gasteiger partial charge in [0.2, 0.25) is 0 Å². The van der Waals surface area contributed by atoms with E-state index in [9.17, 15) is 5.53 Å². The van der Waals surface area contributed by atoms with Crippen molar-refractivity contribution >= 4 is 11.4 Å². The maximum atomic E-state index is 9.18. The Morgan fingerprint density at radius 1 is 0.568 bits per heavy atom. The van der Waals surface area contributed by atoms with Crippen molar-refractivity contribution in [3.05, 3.63) is 88.0 Å². The molecule has 0 saturated heterocycles. The molecule has 0 aliphatic rings. The van der Waals surface area contributed by atoms with Crippen LogP contribution in [0.2, 0.25) is 0 Å². The van der Waals surface area contributed by atoms with Crippen LogP contribution in [-0.4, -0.2) is 10.7 Å². The fourth-order valence-corrected chi connectivity index (χ4v) is 6.28. The number of hydrogen-bond acceptors (Lipinski definition) is 0. The number of nitrogens with zero attached hydrogens (tertiary/aromatic N) is 2. The Kier molecular flexibility index (Phi) is 21.9. The molecule has 0 aromatic heterocycles. The number of benzene rings is 2. The molecule has 0 aliphatic heterocycles. The van der Waals surface area contributed by atoms with Gasteiger partial charge in [-0.25, -0.2) is 0 Å². The molecule has 0 amide bonds. The van der Waals surface area contributed by atoms with E-state index in [1.807, 2.05) is 6.08 Å². The molecular weight excluding hydrogens is 532 g/mol. The van der Waals surface area contributed by atoms with Crippen LogP contribution < -0.4 is 0 Å². The lowest BCUT2D eigenvalue weighted by Crippen LogP contribution is -1.97. The normalized spacial score (nSPS) is 11.6. The zero-order valence-electron chi connectivity index (χ0n) is 28.9. The second kappa shape index (κ2) is 25.6. The first-order chi connectivity index (χ1) is 21.7. The van der Waals surface area contributed by atoms with Gasteiger partial charge in [0.1, 0.15) is 0 Å². The quantitative estimate of drug-likeness (QED) is 0.0340. The summed E-state index contributed by atoms with van der Waals surface area (Å²) in [5.74, 6) is 2.72. The molecule has 0 spiro atoms. The summed E-state index contributed by atoms with van der Waals surface area (Å²) in [7, 11) is 0. The second-order valence-corrected chi connectivity index (χ2v) is 12.9. The Balaban J connectivity index is 1.90. The molecule has 2 heteroatoms. The monoisotopic (exact) mass is 597 g/mol. The molecule has 0 atom stereocenters. The summed E-state index contributed by atoms with van der Waals surface area (Å²) >= 11 is 0. The zero-order chi connectivity index (χ0) is 31.5. The van der Waals surface area contributed by atoms with Gasteiger partial charge in [0.15, 0.2) is 0 Å². The highest BCUT2D eigenvalue weighted by Gasteiger charge is 2.13. The van der Waals surface area contributed by atoms with Crippen molar-refractivity contribution in [2.75, 3.05) is 0 Å². The third-order valence-electron chi connectivity index (χ3n) is 9.01. The highest BCUT2D eigenvalue weighted by atomic mass is 14.8. The molecule has 44 heavy (non-hydrogen) atoms. The van der Waals surface area contributed by atoms with Crippen molar-refractivity contribution in [1.29, 1.82) is 0 Å². The summed E-state index contributed by atoms with van der Waals surface area (Å²) < 4.78 is 0. The second-order valence-electron chi connectivity index (χ2n) is 12.9. The number of unbranched alkanes of at least 4 members (excludes halogenated alkanes) is 17. The maximum absolute atomic E-state index is 9.18. The van der Waals surface area contributed by atoms with Crippen LogP contribution in [0.3, 0.4) is 0 Å². The van der Waals surface area contributed by atoms with Gasteiger partial charge in [0.05, 0.1) is 6.08 Å². The van der Waals surface area contributed by atoms with E-state index in [1.54, 1.807) is 0 Å². The van der Waals surface area contributed by atoms with Gasteiger partial charge < -0.3 is 5.53 Å². The van der Waals surface area contributed by atoms with E-state index >= 15 is 0 Å². The molecule has 0 unspecified atom stereocenters. The lowest BCUT2D eigenvalue weighted by Gasteiger charge is -2.15. The van der Waals surface area contributed by atoms with E-state index in [0.717, 1.165) is 25.7 Å². The SMILES string of the molecule is CCCCCCCCCCCCCCCCCc1ccc(C(=C(C=C=[N+]=[N-])CCCCC)c2cccc(CCCC)c2)cc1. The third-order valence-corrected chi connectivity index (χ3v) is 9.01. The number of aryl methyl sites for hydroxylation is 2. The van der Waals surface area contributed by atoms with Crippen LogP contribution in [0.25, 0.3) is 11.1 Å². The third kappa shape index (κ3) is 16.4. The van der Waals surface area contributed by atoms with E-state index in [-0.39, 0.29) is 0 Å². The van der Waals surface area contributed by atoms with Crippen LogP contribution in [0.5, 0.6) is 0 Å². The molecule has 0 aliphatic carbocycles. The van der Waals surface area contributed by atoms with Crippen LogP contribution in [0.15, 0.2) is 60.2 Å². The van der Waals surface area contributed by atoms with Gasteiger partial charge in [-0.1, -0.05) is 178 Å². The van der Waals surface area contributed by atoms with Crippen LogP contribution in [-0.2, 0) is 12.8 Å². The predicted molar refractivity (Wildman–Crippen MR) is 193 cm³/mol. The van der Waals surface area contributed by atoms with Crippen LogP contribution >= 0.6 is 0 Å². The first-order valence-electron chi connectivity index (χ1n) is 18.6. The largest absolute Gasteiger partial charge is 0.348 e. The lowest BCUT2D eigenvalue weighted by atomic mass is 9.88. The molecule has 2 nitrogen and oxygen atoms in total. The van der Waals surface area contributed by atoms with Gasteiger partial charge in [-0.3, -0.25) is 0 Å². The minimum atomic E-state index is 0.950. The topological polar surface area (TPSA) is 36.4 Å². The maximum Gasteiger partial charge on any atom is 0.299 e. The number of allylic oxidation sites excluding steroid dienone is 2. The molecule has 0 radical (unpaired) electrons. The van der Waals surface area contributed by atoms with Crippen LogP contribution in [0.4, 0.5) is 0 Å². The minimum Gasteiger partial charge on any atom is -0.348 e. The molecule has 2 aromatic carbocycles. The van der Waals surface area contributed by atoms with Crippen molar-refractivity contribution in [3.8, 4) is 0 Å². The molecule has 2 rings (SSSR count). The van der Waals surface area contributed by atoms with Gasteiger partial charge >= 0.3 is 0 Å². The van der Waals surface area contributed by atoms with Gasteiger partial charge in [0, 0.05) is 0 Å². The van der Waals surface area contributed by atoms with Crippen molar-refractivity contribution in [3.63, 3.8) is 0 Å². The zero-order valence-corrected chi connectivity index (χ0v) is 28.9. The Hall–Kier alpha value is -2.66. The summed E-state index contributed by atoms with van der Waals surface area (Å²) in [6.45, 7) is 6.79. The van der Waals surface area contributed by atoms with E-state index < -0.39 is 0 Å². The number of rotatable bonds is 26. The summed E-state index contributed by atoms with van der Waals surface area (Å²) in [5.41, 5.74) is 16.9. The fourth-order valence-electron chi connectivity index (χ4n) is 6.28. The van der Waals surface area contributed by atoms with E-state index in [2.05, 4.69) is 80.0 Å². The van der Waals surface area contributed by atoms with E-state index in [1.165, 1.54) is 155 Å². The molecule has 0 fully saturated rings. The van der Waals surface area contributed by atoms with Crippen molar-refractivity contribution in [1.82, 2.24) is 0 Å². The molecular formula is C42H64N2. The lowest BCUT2D eigenvalue weighted by molar-refractivity contribution is 0.00800. The van der Waals surface area contributed by atoms with Gasteiger partial charge in [-0.2, -0.15) is 0 Å². The smallest absolute Gasteiger partial charge is 0.299 e. The molecule has 242 valence electrons. The first-order valence-corrected chi connectivity index (χ1v) is 18.6. The van der Waals surface area contributed by atoms with Gasteiger partial charge in [-0.15, -0.1) is 4.79 Å². The molecule has 0 N–H and O–H groups in total.